The molecule has 3 atom stereocenters. The first-order valence-electron chi connectivity index (χ1n) is 14.4. The minimum atomic E-state index is -3.65. The van der Waals surface area contributed by atoms with Gasteiger partial charge < -0.3 is 0 Å². The molecule has 222 valence electrons. The van der Waals surface area contributed by atoms with Crippen LogP contribution < -0.4 is 0 Å². The van der Waals surface area contributed by atoms with Crippen LogP contribution in [0.3, 0.4) is 0 Å². The Bertz CT molecular complexity index is 1740. The van der Waals surface area contributed by atoms with Crippen molar-refractivity contribution in [2.75, 3.05) is 0 Å². The Balaban J connectivity index is 1.54. The topological polar surface area (TPSA) is 32.7 Å². The Kier molecular flexibility index (Phi) is 9.52. The Labute approximate surface area is 278 Å². The summed E-state index contributed by atoms with van der Waals surface area (Å²) in [6.45, 7) is 0. The zero-order valence-corrected chi connectivity index (χ0v) is 27.6. The zero-order chi connectivity index (χ0) is 30.7. The number of hydrogen-bond acceptors (Lipinski definition) is 2. The van der Waals surface area contributed by atoms with Gasteiger partial charge in [-0.05, 0) is 77.4 Å². The number of allylic oxidation sites excluding steroid dienone is 1. The molecule has 0 N–H and O–H groups in total. The molecule has 4 aromatic carbocycles. The van der Waals surface area contributed by atoms with Crippen LogP contribution in [0.1, 0.15) is 47.6 Å². The van der Waals surface area contributed by atoms with E-state index in [9.17, 15) is 0 Å². The normalized spacial score (nSPS) is 21.1. The third kappa shape index (κ3) is 6.79. The molecule has 0 bridgehead atoms. The molecule has 0 spiro atoms. The lowest BCUT2D eigenvalue weighted by molar-refractivity contribution is 0.315. The smallest absolute Gasteiger partial charge is 0.234 e. The first-order valence-corrected chi connectivity index (χ1v) is 17.7. The molecule has 8 heteroatoms. The number of halogens is 4. The summed E-state index contributed by atoms with van der Waals surface area (Å²) in [5, 5.41) is 7.25. The molecule has 0 aromatic heterocycles. The second-order valence-electron chi connectivity index (χ2n) is 10.9. The van der Waals surface area contributed by atoms with Crippen molar-refractivity contribution in [2.24, 2.45) is 11.0 Å². The molecule has 1 aliphatic heterocycles. The second-order valence-corrected chi connectivity index (χ2v) is 14.8. The van der Waals surface area contributed by atoms with Crippen molar-refractivity contribution in [3.63, 3.8) is 0 Å². The monoisotopic (exact) mass is 676 g/mol. The highest BCUT2D eigenvalue weighted by Crippen LogP contribution is 2.64. The molecule has 1 fully saturated rings. The summed E-state index contributed by atoms with van der Waals surface area (Å²) in [7, 11) is -3.65. The van der Waals surface area contributed by atoms with Crippen molar-refractivity contribution in [1.82, 2.24) is 4.78 Å². The molecule has 3 nitrogen and oxygen atoms in total. The molecular formula is C36H29Cl4N2OP. The predicted octanol–water partition coefficient (Wildman–Crippen LogP) is 12.3. The third-order valence-electron chi connectivity index (χ3n) is 7.92. The summed E-state index contributed by atoms with van der Waals surface area (Å²) < 4.78 is 17.3. The van der Waals surface area contributed by atoms with Crippen LogP contribution in [0.2, 0.25) is 10.0 Å². The fourth-order valence-corrected chi connectivity index (χ4v) is 9.34. The van der Waals surface area contributed by atoms with Crippen molar-refractivity contribution in [1.29, 1.82) is 0 Å². The Morgan fingerprint density at radius 3 is 1.82 bits per heavy atom. The van der Waals surface area contributed by atoms with Gasteiger partial charge in [0, 0.05) is 27.6 Å². The first kappa shape index (κ1) is 31.0. The lowest BCUT2D eigenvalue weighted by Crippen LogP contribution is -2.26. The molecule has 1 heterocycles. The quantitative estimate of drug-likeness (QED) is 0.182. The van der Waals surface area contributed by atoms with Crippen LogP contribution in [0.4, 0.5) is 0 Å². The summed E-state index contributed by atoms with van der Waals surface area (Å²) in [6, 6.07) is 34.2. The fraction of sp³-hybridized carbons (Fsp3) is 0.139. The minimum absolute atomic E-state index is 0.00426. The Hall–Kier alpha value is -3.04. The maximum absolute atomic E-state index is 15.5. The molecule has 0 radical (unpaired) electrons. The molecule has 6 rings (SSSR count). The van der Waals surface area contributed by atoms with E-state index in [1.54, 1.807) is 16.4 Å². The van der Waals surface area contributed by atoms with Gasteiger partial charge in [-0.25, -0.2) is 4.78 Å². The minimum Gasteiger partial charge on any atom is -0.290 e. The van der Waals surface area contributed by atoms with Crippen LogP contribution in [0, 0.1) is 5.92 Å². The van der Waals surface area contributed by atoms with Gasteiger partial charge in [-0.3, -0.25) is 4.57 Å². The van der Waals surface area contributed by atoms with Crippen LogP contribution in [0.25, 0.3) is 16.1 Å². The summed E-state index contributed by atoms with van der Waals surface area (Å²) in [4.78, 5) is 0. The number of nitrogens with zero attached hydrogens (tertiary/aromatic N) is 2. The van der Waals surface area contributed by atoms with Gasteiger partial charge in [0.15, 0.2) is 0 Å². The summed E-state index contributed by atoms with van der Waals surface area (Å²) in [6.07, 6.45) is 4.90. The largest absolute Gasteiger partial charge is 0.290 e. The standard InChI is InChI=1S/C36H29Cl4N2OP/c37-30-18-14-25(15-19-30)22-29-12-7-13-32-35(29)41-42(36(32)28-16-20-31(38)21-17-28)44(43,23-33(39)26-8-3-1-4-9-26)24-34(40)27-10-5-2-6-11-27/h1-6,8-11,14-24,32,36H,7,12-13H2/b29-22+,33-23-,34-24+/t32-,36+,44?/m0/s1. The van der Waals surface area contributed by atoms with Crippen LogP contribution in [-0.4, -0.2) is 10.5 Å². The molecule has 4 aromatic rings. The first-order chi connectivity index (χ1) is 21.3. The predicted molar refractivity (Wildman–Crippen MR) is 188 cm³/mol. The van der Waals surface area contributed by atoms with Gasteiger partial charge in [-0.15, -0.1) is 0 Å². The number of hydrazone groups is 1. The van der Waals surface area contributed by atoms with Crippen molar-refractivity contribution >= 4 is 75.5 Å². The van der Waals surface area contributed by atoms with Crippen LogP contribution >= 0.6 is 53.7 Å². The van der Waals surface area contributed by atoms with Gasteiger partial charge >= 0.3 is 0 Å². The SMILES string of the molecule is O=P(/C=C(\Cl)c1ccccc1)(/C=C(/Cl)c1ccccc1)N1N=C2/C(=C/c3ccc(Cl)cc3)CCC[C@@H]2[C@H]1c1ccc(Cl)cc1. The van der Waals surface area contributed by atoms with Gasteiger partial charge in [0.1, 0.15) is 0 Å². The lowest BCUT2D eigenvalue weighted by atomic mass is 9.78. The average molecular weight is 678 g/mol. The van der Waals surface area contributed by atoms with Crippen LogP contribution in [-0.2, 0) is 4.57 Å². The van der Waals surface area contributed by atoms with E-state index in [-0.39, 0.29) is 12.0 Å². The van der Waals surface area contributed by atoms with Crippen molar-refractivity contribution in [3.05, 3.63) is 159 Å². The number of rotatable bonds is 7. The second kappa shape index (κ2) is 13.5. The summed E-state index contributed by atoms with van der Waals surface area (Å²) in [5.41, 5.74) is 5.58. The summed E-state index contributed by atoms with van der Waals surface area (Å²) >= 11 is 26.3. The molecule has 0 saturated heterocycles. The summed E-state index contributed by atoms with van der Waals surface area (Å²) in [5.74, 6) is 3.26. The van der Waals surface area contributed by atoms with E-state index in [2.05, 4.69) is 6.08 Å². The number of benzene rings is 4. The molecule has 1 aliphatic carbocycles. The Morgan fingerprint density at radius 1 is 0.750 bits per heavy atom. The third-order valence-corrected chi connectivity index (χ3v) is 11.6. The number of hydrogen-bond donors (Lipinski definition) is 0. The molecular weight excluding hydrogens is 649 g/mol. The maximum atomic E-state index is 15.5. The molecule has 44 heavy (non-hydrogen) atoms. The van der Waals surface area contributed by atoms with Crippen LogP contribution in [0.15, 0.2) is 132 Å². The highest BCUT2D eigenvalue weighted by molar-refractivity contribution is 7.68. The molecule has 0 amide bonds. The molecule has 1 saturated carbocycles. The van der Waals surface area contributed by atoms with Gasteiger partial charge in [0.25, 0.3) is 0 Å². The highest BCUT2D eigenvalue weighted by atomic mass is 35.5. The van der Waals surface area contributed by atoms with E-state index in [0.717, 1.165) is 52.8 Å². The molecule has 2 aliphatic rings. The zero-order valence-electron chi connectivity index (χ0n) is 23.7. The highest BCUT2D eigenvalue weighted by Gasteiger charge is 2.47. The van der Waals surface area contributed by atoms with Crippen molar-refractivity contribution < 1.29 is 4.57 Å². The average Bonchev–Trinajstić information content (AvgIpc) is 3.45. The van der Waals surface area contributed by atoms with Gasteiger partial charge in [-0.1, -0.05) is 131 Å². The van der Waals surface area contributed by atoms with Crippen molar-refractivity contribution in [2.45, 2.75) is 25.3 Å². The number of fused-ring (bicyclic) bond motifs is 1. The van der Waals surface area contributed by atoms with Crippen LogP contribution in [0.5, 0.6) is 0 Å². The van der Waals surface area contributed by atoms with Crippen molar-refractivity contribution in [3.8, 4) is 0 Å². The van der Waals surface area contributed by atoms with E-state index >= 15 is 4.57 Å². The lowest BCUT2D eigenvalue weighted by Gasteiger charge is -2.33. The Morgan fingerprint density at radius 2 is 1.27 bits per heavy atom. The van der Waals surface area contributed by atoms with E-state index < -0.39 is 7.29 Å². The van der Waals surface area contributed by atoms with Gasteiger partial charge in [0.05, 0.1) is 21.8 Å². The van der Waals surface area contributed by atoms with Gasteiger partial charge in [-0.2, -0.15) is 5.10 Å². The van der Waals surface area contributed by atoms with Gasteiger partial charge in [0.2, 0.25) is 7.29 Å². The fourth-order valence-electron chi connectivity index (χ4n) is 5.82. The van der Waals surface area contributed by atoms with E-state index in [1.165, 1.54) is 0 Å². The maximum Gasteiger partial charge on any atom is 0.234 e. The van der Waals surface area contributed by atoms with E-state index in [4.69, 9.17) is 51.5 Å². The van der Waals surface area contributed by atoms with E-state index in [1.807, 2.05) is 109 Å². The molecule has 1 unspecified atom stereocenters. The van der Waals surface area contributed by atoms with E-state index in [0.29, 0.717) is 20.1 Å².